The molecule has 1 atom stereocenters. The van der Waals surface area contributed by atoms with Crippen LogP contribution >= 0.6 is 12.4 Å². The summed E-state index contributed by atoms with van der Waals surface area (Å²) in [6, 6.07) is 7.20. The molecule has 0 radical (unpaired) electrons. The molecule has 1 fully saturated rings. The fourth-order valence-electron chi connectivity index (χ4n) is 2.45. The van der Waals surface area contributed by atoms with E-state index in [0.29, 0.717) is 19.6 Å². The molecule has 6 heteroatoms. The van der Waals surface area contributed by atoms with E-state index < -0.39 is 6.04 Å². The zero-order valence-electron chi connectivity index (χ0n) is 12.4. The van der Waals surface area contributed by atoms with Crippen LogP contribution in [0, 0.1) is 6.92 Å². The summed E-state index contributed by atoms with van der Waals surface area (Å²) in [4.78, 5) is 16.4. The van der Waals surface area contributed by atoms with Gasteiger partial charge in [0.1, 0.15) is 6.04 Å². The van der Waals surface area contributed by atoms with Gasteiger partial charge in [0.25, 0.3) is 0 Å². The normalized spacial score (nSPS) is 17.2. The summed E-state index contributed by atoms with van der Waals surface area (Å²) in [5.41, 5.74) is 8.09. The van der Waals surface area contributed by atoms with E-state index in [0.717, 1.165) is 24.2 Å². The number of aryl methyl sites for hydroxylation is 1. The van der Waals surface area contributed by atoms with Crippen LogP contribution in [-0.4, -0.2) is 60.1 Å². The minimum atomic E-state index is -0.583. The molecule has 1 aromatic rings. The number of piperazine rings is 1. The van der Waals surface area contributed by atoms with E-state index in [9.17, 15) is 4.79 Å². The first-order chi connectivity index (χ1) is 9.61. The molecule has 2 rings (SSSR count). The van der Waals surface area contributed by atoms with Gasteiger partial charge in [0.15, 0.2) is 0 Å². The van der Waals surface area contributed by atoms with Gasteiger partial charge in [-0.2, -0.15) is 0 Å². The number of nitrogens with zero attached hydrogens (tertiary/aromatic N) is 2. The van der Waals surface area contributed by atoms with Crippen LogP contribution in [0.1, 0.15) is 17.2 Å². The van der Waals surface area contributed by atoms with Gasteiger partial charge in [0.05, 0.1) is 6.61 Å². The molecule has 0 aliphatic carbocycles. The van der Waals surface area contributed by atoms with Crippen molar-refractivity contribution in [3.05, 3.63) is 35.4 Å². The lowest BCUT2D eigenvalue weighted by molar-refractivity contribution is -0.134. The van der Waals surface area contributed by atoms with Gasteiger partial charge in [-0.3, -0.25) is 9.69 Å². The number of benzene rings is 1. The van der Waals surface area contributed by atoms with Crippen LogP contribution in [0.2, 0.25) is 0 Å². The molecule has 1 aliphatic heterocycles. The molecule has 3 N–H and O–H groups in total. The average molecular weight is 314 g/mol. The molecular weight excluding hydrogens is 290 g/mol. The van der Waals surface area contributed by atoms with Gasteiger partial charge in [-0.25, -0.2) is 0 Å². The van der Waals surface area contributed by atoms with Gasteiger partial charge in [-0.1, -0.05) is 29.8 Å². The van der Waals surface area contributed by atoms with Crippen LogP contribution in [0.4, 0.5) is 0 Å². The second-order valence-corrected chi connectivity index (χ2v) is 5.28. The standard InChI is InChI=1S/C15H23N3O2.ClH/c1-12-2-4-13(5-3-12)14(16)15(20)18-8-6-17(7-9-18)10-11-19;/h2-5,14,19H,6-11,16H2,1H3;1H. The van der Waals surface area contributed by atoms with E-state index in [1.807, 2.05) is 36.1 Å². The molecule has 1 aromatic carbocycles. The zero-order valence-corrected chi connectivity index (χ0v) is 13.2. The molecule has 21 heavy (non-hydrogen) atoms. The number of hydrogen-bond acceptors (Lipinski definition) is 4. The number of carbonyl (C=O) groups is 1. The van der Waals surface area contributed by atoms with Crippen molar-refractivity contribution >= 4 is 18.3 Å². The van der Waals surface area contributed by atoms with Crippen LogP contribution in [0.3, 0.4) is 0 Å². The summed E-state index contributed by atoms with van der Waals surface area (Å²) in [6.45, 7) is 5.80. The topological polar surface area (TPSA) is 69.8 Å². The van der Waals surface area contributed by atoms with Crippen molar-refractivity contribution in [3.63, 3.8) is 0 Å². The van der Waals surface area contributed by atoms with Gasteiger partial charge in [0, 0.05) is 32.7 Å². The molecular formula is C15H24ClN3O2. The number of aliphatic hydroxyl groups excluding tert-OH is 1. The SMILES string of the molecule is Cc1ccc(C(N)C(=O)N2CCN(CCO)CC2)cc1.Cl. The molecule has 1 heterocycles. The lowest BCUT2D eigenvalue weighted by atomic mass is 10.0. The highest BCUT2D eigenvalue weighted by atomic mass is 35.5. The van der Waals surface area contributed by atoms with Gasteiger partial charge < -0.3 is 15.7 Å². The predicted molar refractivity (Wildman–Crippen MR) is 85.5 cm³/mol. The maximum atomic E-state index is 12.4. The third kappa shape index (κ3) is 4.68. The van der Waals surface area contributed by atoms with Crippen LogP contribution < -0.4 is 5.73 Å². The third-order valence-corrected chi connectivity index (χ3v) is 3.80. The fourth-order valence-corrected chi connectivity index (χ4v) is 2.45. The van der Waals surface area contributed by atoms with Crippen molar-refractivity contribution in [1.82, 2.24) is 9.80 Å². The number of amides is 1. The molecule has 0 saturated carbocycles. The van der Waals surface area contributed by atoms with E-state index in [1.54, 1.807) is 0 Å². The highest BCUT2D eigenvalue weighted by molar-refractivity contribution is 5.85. The van der Waals surface area contributed by atoms with Crippen LogP contribution in [0.25, 0.3) is 0 Å². The van der Waals surface area contributed by atoms with Crippen LogP contribution in [0.5, 0.6) is 0 Å². The zero-order chi connectivity index (χ0) is 14.5. The lowest BCUT2D eigenvalue weighted by Crippen LogP contribution is -2.51. The Morgan fingerprint density at radius 3 is 2.33 bits per heavy atom. The molecule has 1 unspecified atom stereocenters. The Labute approximate surface area is 132 Å². The molecule has 1 amide bonds. The Balaban J connectivity index is 0.00000220. The molecule has 1 saturated heterocycles. The average Bonchev–Trinajstić information content (AvgIpc) is 2.48. The number of carbonyl (C=O) groups excluding carboxylic acids is 1. The summed E-state index contributed by atoms with van der Waals surface area (Å²) in [6.07, 6.45) is 0. The summed E-state index contributed by atoms with van der Waals surface area (Å²) in [5.74, 6) is -0.0162. The molecule has 0 bridgehead atoms. The van der Waals surface area contributed by atoms with Crippen molar-refractivity contribution in [2.75, 3.05) is 39.3 Å². The van der Waals surface area contributed by atoms with Crippen LogP contribution in [0.15, 0.2) is 24.3 Å². The lowest BCUT2D eigenvalue weighted by Gasteiger charge is -2.35. The molecule has 118 valence electrons. The van der Waals surface area contributed by atoms with Crippen molar-refractivity contribution in [2.24, 2.45) is 5.73 Å². The van der Waals surface area contributed by atoms with Crippen LogP contribution in [-0.2, 0) is 4.79 Å². The summed E-state index contributed by atoms with van der Waals surface area (Å²) in [7, 11) is 0. The predicted octanol–water partition coefficient (Wildman–Crippen LogP) is 0.553. The number of rotatable bonds is 4. The van der Waals surface area contributed by atoms with E-state index in [-0.39, 0.29) is 24.9 Å². The minimum Gasteiger partial charge on any atom is -0.395 e. The van der Waals surface area contributed by atoms with Crippen molar-refractivity contribution in [2.45, 2.75) is 13.0 Å². The first kappa shape index (κ1) is 17.9. The number of halogens is 1. The summed E-state index contributed by atoms with van der Waals surface area (Å²) >= 11 is 0. The third-order valence-electron chi connectivity index (χ3n) is 3.80. The largest absolute Gasteiger partial charge is 0.395 e. The van der Waals surface area contributed by atoms with Crippen molar-refractivity contribution in [3.8, 4) is 0 Å². The summed E-state index contributed by atoms with van der Waals surface area (Å²) in [5, 5.41) is 8.91. The number of β-amino-alcohol motifs (C(OH)–C–C–N with tert-alkyl or cyclic N) is 1. The monoisotopic (exact) mass is 313 g/mol. The van der Waals surface area contributed by atoms with Crippen molar-refractivity contribution in [1.29, 1.82) is 0 Å². The van der Waals surface area contributed by atoms with Gasteiger partial charge >= 0.3 is 0 Å². The maximum absolute atomic E-state index is 12.4. The van der Waals surface area contributed by atoms with E-state index in [2.05, 4.69) is 4.90 Å². The maximum Gasteiger partial charge on any atom is 0.244 e. The number of hydrogen-bond donors (Lipinski definition) is 2. The second-order valence-electron chi connectivity index (χ2n) is 5.28. The van der Waals surface area contributed by atoms with E-state index in [1.165, 1.54) is 0 Å². The fraction of sp³-hybridized carbons (Fsp3) is 0.533. The smallest absolute Gasteiger partial charge is 0.244 e. The summed E-state index contributed by atoms with van der Waals surface area (Å²) < 4.78 is 0. The number of aliphatic hydroxyl groups is 1. The number of nitrogens with two attached hydrogens (primary N) is 1. The Kier molecular flexibility index (Phi) is 7.11. The highest BCUT2D eigenvalue weighted by Gasteiger charge is 2.25. The van der Waals surface area contributed by atoms with E-state index in [4.69, 9.17) is 10.8 Å². The Bertz CT molecular complexity index is 445. The van der Waals surface area contributed by atoms with Crippen molar-refractivity contribution < 1.29 is 9.90 Å². The quantitative estimate of drug-likeness (QED) is 0.852. The molecule has 0 aromatic heterocycles. The Hall–Kier alpha value is -1.14. The van der Waals surface area contributed by atoms with E-state index >= 15 is 0 Å². The van der Waals surface area contributed by atoms with Gasteiger partial charge in [0.2, 0.25) is 5.91 Å². The Morgan fingerprint density at radius 1 is 1.24 bits per heavy atom. The first-order valence-corrected chi connectivity index (χ1v) is 7.06. The highest BCUT2D eigenvalue weighted by Crippen LogP contribution is 2.15. The second kappa shape index (κ2) is 8.34. The molecule has 1 aliphatic rings. The van der Waals surface area contributed by atoms with Gasteiger partial charge in [-0.05, 0) is 12.5 Å². The van der Waals surface area contributed by atoms with Gasteiger partial charge in [-0.15, -0.1) is 12.4 Å². The first-order valence-electron chi connectivity index (χ1n) is 7.06. The molecule has 5 nitrogen and oxygen atoms in total. The Morgan fingerprint density at radius 2 is 1.81 bits per heavy atom. The molecule has 0 spiro atoms. The minimum absolute atomic E-state index is 0.